The standard InChI is InChI=1S/C11H18O2S/c1-9(8-11(12)13-2)7-10-5-3-4-6-14-10/h10H,1,3-8H2,2H3. The molecule has 1 heterocycles. The summed E-state index contributed by atoms with van der Waals surface area (Å²) in [5, 5.41) is 0.681. The van der Waals surface area contributed by atoms with Crippen LogP contribution in [0.2, 0.25) is 0 Å². The lowest BCUT2D eigenvalue weighted by atomic mass is 10.0. The average Bonchev–Trinajstić information content (AvgIpc) is 2.19. The van der Waals surface area contributed by atoms with Gasteiger partial charge in [-0.1, -0.05) is 18.6 Å². The van der Waals surface area contributed by atoms with Crippen molar-refractivity contribution in [1.29, 1.82) is 0 Å². The first-order valence-corrected chi connectivity index (χ1v) is 6.12. The van der Waals surface area contributed by atoms with E-state index in [1.54, 1.807) is 0 Å². The Morgan fingerprint density at radius 1 is 1.57 bits per heavy atom. The molecule has 1 atom stereocenters. The van der Waals surface area contributed by atoms with Crippen molar-refractivity contribution in [2.24, 2.45) is 0 Å². The van der Waals surface area contributed by atoms with E-state index in [1.807, 2.05) is 11.8 Å². The highest BCUT2D eigenvalue weighted by molar-refractivity contribution is 7.99. The van der Waals surface area contributed by atoms with Crippen molar-refractivity contribution in [2.45, 2.75) is 37.4 Å². The number of hydrogen-bond acceptors (Lipinski definition) is 3. The van der Waals surface area contributed by atoms with Gasteiger partial charge in [0.1, 0.15) is 0 Å². The first kappa shape index (κ1) is 11.6. The zero-order chi connectivity index (χ0) is 10.4. The van der Waals surface area contributed by atoms with Gasteiger partial charge in [-0.15, -0.1) is 0 Å². The molecule has 0 aromatic carbocycles. The minimum Gasteiger partial charge on any atom is -0.469 e. The highest BCUT2D eigenvalue weighted by atomic mass is 32.2. The Morgan fingerprint density at radius 3 is 2.93 bits per heavy atom. The van der Waals surface area contributed by atoms with Crippen molar-refractivity contribution in [2.75, 3.05) is 12.9 Å². The molecule has 2 nitrogen and oxygen atoms in total. The molecule has 80 valence electrons. The third kappa shape index (κ3) is 4.18. The molecule has 0 radical (unpaired) electrons. The summed E-state index contributed by atoms with van der Waals surface area (Å²) in [7, 11) is 1.42. The fourth-order valence-electron chi connectivity index (χ4n) is 1.64. The molecule has 1 aliphatic rings. The van der Waals surface area contributed by atoms with Crippen LogP contribution in [0.15, 0.2) is 12.2 Å². The molecule has 1 unspecified atom stereocenters. The number of rotatable bonds is 4. The van der Waals surface area contributed by atoms with Gasteiger partial charge in [-0.3, -0.25) is 4.79 Å². The Balaban J connectivity index is 2.21. The van der Waals surface area contributed by atoms with Gasteiger partial charge in [-0.2, -0.15) is 11.8 Å². The van der Waals surface area contributed by atoms with Crippen LogP contribution in [0.1, 0.15) is 32.1 Å². The third-order valence-electron chi connectivity index (χ3n) is 2.41. The van der Waals surface area contributed by atoms with E-state index < -0.39 is 0 Å². The van der Waals surface area contributed by atoms with Gasteiger partial charge in [-0.05, 0) is 25.0 Å². The lowest BCUT2D eigenvalue weighted by Gasteiger charge is -2.21. The quantitative estimate of drug-likeness (QED) is 0.531. The molecule has 0 N–H and O–H groups in total. The van der Waals surface area contributed by atoms with Crippen molar-refractivity contribution in [3.05, 3.63) is 12.2 Å². The summed E-state index contributed by atoms with van der Waals surface area (Å²) in [5.41, 5.74) is 1.01. The number of thioether (sulfide) groups is 1. The van der Waals surface area contributed by atoms with E-state index in [0.29, 0.717) is 11.7 Å². The minimum atomic E-state index is -0.171. The van der Waals surface area contributed by atoms with Gasteiger partial charge in [0.05, 0.1) is 13.5 Å². The largest absolute Gasteiger partial charge is 0.469 e. The van der Waals surface area contributed by atoms with Gasteiger partial charge in [0.15, 0.2) is 0 Å². The molecule has 0 aromatic heterocycles. The van der Waals surface area contributed by atoms with Gasteiger partial charge in [-0.25, -0.2) is 0 Å². The maximum atomic E-state index is 11.0. The Morgan fingerprint density at radius 2 is 2.36 bits per heavy atom. The van der Waals surface area contributed by atoms with E-state index in [9.17, 15) is 4.79 Å². The summed E-state index contributed by atoms with van der Waals surface area (Å²) in [6, 6.07) is 0. The molecule has 0 spiro atoms. The van der Waals surface area contributed by atoms with Crippen LogP contribution in [-0.4, -0.2) is 24.1 Å². The second-order valence-corrected chi connectivity index (χ2v) is 5.10. The molecule has 1 aliphatic heterocycles. The summed E-state index contributed by atoms with van der Waals surface area (Å²) >= 11 is 2.01. The van der Waals surface area contributed by atoms with E-state index in [2.05, 4.69) is 11.3 Å². The first-order chi connectivity index (χ1) is 6.72. The number of ether oxygens (including phenoxy) is 1. The van der Waals surface area contributed by atoms with E-state index in [0.717, 1.165) is 12.0 Å². The predicted molar refractivity (Wildman–Crippen MR) is 60.5 cm³/mol. The van der Waals surface area contributed by atoms with Crippen molar-refractivity contribution in [1.82, 2.24) is 0 Å². The van der Waals surface area contributed by atoms with Crippen molar-refractivity contribution < 1.29 is 9.53 Å². The predicted octanol–water partition coefficient (Wildman–Crippen LogP) is 2.78. The Labute approximate surface area is 90.1 Å². The fraction of sp³-hybridized carbons (Fsp3) is 0.727. The second kappa shape index (κ2) is 6.12. The van der Waals surface area contributed by atoms with E-state index >= 15 is 0 Å². The molecule has 0 amide bonds. The van der Waals surface area contributed by atoms with Crippen LogP contribution < -0.4 is 0 Å². The highest BCUT2D eigenvalue weighted by Gasteiger charge is 2.16. The highest BCUT2D eigenvalue weighted by Crippen LogP contribution is 2.30. The van der Waals surface area contributed by atoms with Gasteiger partial charge in [0, 0.05) is 5.25 Å². The number of esters is 1. The monoisotopic (exact) mass is 214 g/mol. The smallest absolute Gasteiger partial charge is 0.309 e. The molecule has 0 saturated carbocycles. The maximum Gasteiger partial charge on any atom is 0.309 e. The lowest BCUT2D eigenvalue weighted by Crippen LogP contribution is -2.11. The van der Waals surface area contributed by atoms with Crippen LogP contribution >= 0.6 is 11.8 Å². The molecular formula is C11H18O2S. The number of carbonyl (C=O) groups is 1. The van der Waals surface area contributed by atoms with Crippen LogP contribution in [0.4, 0.5) is 0 Å². The first-order valence-electron chi connectivity index (χ1n) is 5.07. The molecule has 0 aliphatic carbocycles. The van der Waals surface area contributed by atoms with Crippen LogP contribution in [0, 0.1) is 0 Å². The summed E-state index contributed by atoms with van der Waals surface area (Å²) < 4.78 is 4.60. The molecule has 1 fully saturated rings. The van der Waals surface area contributed by atoms with Gasteiger partial charge >= 0.3 is 5.97 Å². The van der Waals surface area contributed by atoms with Crippen molar-refractivity contribution >= 4 is 17.7 Å². The fourth-order valence-corrected chi connectivity index (χ4v) is 3.03. The van der Waals surface area contributed by atoms with Gasteiger partial charge < -0.3 is 4.74 Å². The summed E-state index contributed by atoms with van der Waals surface area (Å²) in [4.78, 5) is 11.0. The molecular weight excluding hydrogens is 196 g/mol. The Bertz CT molecular complexity index is 207. The average molecular weight is 214 g/mol. The molecule has 0 aromatic rings. The third-order valence-corrected chi connectivity index (χ3v) is 3.81. The molecule has 1 rings (SSSR count). The molecule has 0 bridgehead atoms. The van der Waals surface area contributed by atoms with Crippen LogP contribution in [0.3, 0.4) is 0 Å². The van der Waals surface area contributed by atoms with E-state index in [1.165, 1.54) is 32.1 Å². The minimum absolute atomic E-state index is 0.171. The van der Waals surface area contributed by atoms with Crippen LogP contribution in [0.5, 0.6) is 0 Å². The van der Waals surface area contributed by atoms with Crippen LogP contribution in [-0.2, 0) is 9.53 Å². The van der Waals surface area contributed by atoms with E-state index in [4.69, 9.17) is 0 Å². The zero-order valence-electron chi connectivity index (χ0n) is 8.75. The second-order valence-electron chi connectivity index (χ2n) is 3.70. The molecule has 1 saturated heterocycles. The number of hydrogen-bond donors (Lipinski definition) is 0. The lowest BCUT2D eigenvalue weighted by molar-refractivity contribution is -0.139. The summed E-state index contributed by atoms with van der Waals surface area (Å²) in [6.45, 7) is 3.92. The Kier molecular flexibility index (Phi) is 5.09. The van der Waals surface area contributed by atoms with E-state index in [-0.39, 0.29) is 5.97 Å². The van der Waals surface area contributed by atoms with Gasteiger partial charge in [0.2, 0.25) is 0 Å². The van der Waals surface area contributed by atoms with Crippen molar-refractivity contribution in [3.63, 3.8) is 0 Å². The van der Waals surface area contributed by atoms with Crippen LogP contribution in [0.25, 0.3) is 0 Å². The number of carbonyl (C=O) groups excluding carboxylic acids is 1. The van der Waals surface area contributed by atoms with Gasteiger partial charge in [0.25, 0.3) is 0 Å². The topological polar surface area (TPSA) is 26.3 Å². The van der Waals surface area contributed by atoms with Crippen molar-refractivity contribution in [3.8, 4) is 0 Å². The summed E-state index contributed by atoms with van der Waals surface area (Å²) in [6.07, 6.45) is 5.28. The Hall–Kier alpha value is -0.440. The number of methoxy groups -OCH3 is 1. The normalized spacial score (nSPS) is 21.6. The zero-order valence-corrected chi connectivity index (χ0v) is 9.57. The molecule has 3 heteroatoms. The SMILES string of the molecule is C=C(CC(=O)OC)CC1CCCCS1. The summed E-state index contributed by atoms with van der Waals surface area (Å²) in [5.74, 6) is 1.09. The molecule has 14 heavy (non-hydrogen) atoms. The maximum absolute atomic E-state index is 11.0.